The Morgan fingerprint density at radius 2 is 1.51 bits per heavy atom. The van der Waals surface area contributed by atoms with E-state index in [1.54, 1.807) is 0 Å². The number of carbonyl (C=O) groups is 1. The van der Waals surface area contributed by atoms with Crippen LogP contribution in [0.15, 0.2) is 47.5 Å². The number of allylic oxidation sites excluding steroid dienone is 2. The van der Waals surface area contributed by atoms with Crippen LogP contribution < -0.4 is 12.4 Å². The lowest BCUT2D eigenvalue weighted by Crippen LogP contribution is -3.00. The van der Waals surface area contributed by atoms with Gasteiger partial charge in [-0.05, 0) is 32.1 Å². The van der Waals surface area contributed by atoms with E-state index >= 15 is 0 Å². The summed E-state index contributed by atoms with van der Waals surface area (Å²) < 4.78 is 0.504. The van der Waals surface area contributed by atoms with Gasteiger partial charge < -0.3 is 17.5 Å². The van der Waals surface area contributed by atoms with Crippen molar-refractivity contribution in [3.63, 3.8) is 0 Å². The lowest BCUT2D eigenvalue weighted by atomic mass is 10.1. The molecule has 0 fully saturated rings. The first-order valence-electron chi connectivity index (χ1n) is 14.0. The Bertz CT molecular complexity index is 735. The molecule has 0 aromatic heterocycles. The fourth-order valence-corrected chi connectivity index (χ4v) is 5.00. The summed E-state index contributed by atoms with van der Waals surface area (Å²) in [5.74, 6) is 0.868. The van der Waals surface area contributed by atoms with Crippen LogP contribution in [0.25, 0.3) is 0 Å². The van der Waals surface area contributed by atoms with Crippen molar-refractivity contribution >= 4 is 11.6 Å². The van der Waals surface area contributed by atoms with Crippen molar-refractivity contribution in [3.8, 4) is 0 Å². The van der Waals surface area contributed by atoms with E-state index in [4.69, 9.17) is 0 Å². The number of quaternary nitrogens is 1. The maximum absolute atomic E-state index is 13.0. The summed E-state index contributed by atoms with van der Waals surface area (Å²) in [6.45, 7) is 5.13. The Labute approximate surface area is 220 Å². The van der Waals surface area contributed by atoms with Crippen LogP contribution in [0.5, 0.6) is 0 Å². The fourth-order valence-electron chi connectivity index (χ4n) is 5.00. The molecule has 1 aromatic carbocycles. The average Bonchev–Trinajstić information content (AvgIpc) is 3.25. The van der Waals surface area contributed by atoms with Gasteiger partial charge in [-0.2, -0.15) is 0 Å². The number of rotatable bonds is 20. The zero-order valence-corrected chi connectivity index (χ0v) is 22.9. The Hall–Kier alpha value is -1.49. The number of aliphatic hydroxyl groups is 1. The van der Waals surface area contributed by atoms with Gasteiger partial charge in [0, 0.05) is 12.0 Å². The molecule has 1 aliphatic heterocycles. The second-order valence-electron chi connectivity index (χ2n) is 9.92. The summed E-state index contributed by atoms with van der Waals surface area (Å²) in [6.07, 6.45) is 21.7. The summed E-state index contributed by atoms with van der Waals surface area (Å²) >= 11 is 0. The Balaban J connectivity index is 0.00000612. The van der Waals surface area contributed by atoms with Crippen LogP contribution in [0, 0.1) is 0 Å². The number of amidine groups is 1. The number of hydrogen-bond acceptors (Lipinski definition) is 3. The van der Waals surface area contributed by atoms with Crippen molar-refractivity contribution in [2.45, 2.75) is 103 Å². The molecule has 1 atom stereocenters. The number of hydrogen-bond donors (Lipinski definition) is 1. The van der Waals surface area contributed by atoms with Gasteiger partial charge in [0.25, 0.3) is 5.84 Å². The lowest BCUT2D eigenvalue weighted by Gasteiger charge is -2.33. The molecular weight excluding hydrogens is 456 g/mol. The van der Waals surface area contributed by atoms with Gasteiger partial charge in [-0.25, -0.2) is 4.99 Å². The van der Waals surface area contributed by atoms with E-state index in [2.05, 4.69) is 36.2 Å². The minimum Gasteiger partial charge on any atom is -1.00 e. The summed E-state index contributed by atoms with van der Waals surface area (Å²) in [5.41, 5.74) is 1.19. The molecule has 2 rings (SSSR count). The molecule has 1 unspecified atom stereocenters. The Morgan fingerprint density at radius 1 is 0.914 bits per heavy atom. The maximum atomic E-state index is 13.0. The van der Waals surface area contributed by atoms with Crippen molar-refractivity contribution in [3.05, 3.63) is 48.0 Å². The number of aliphatic imine (C=N–C) groups is 1. The number of benzene rings is 1. The van der Waals surface area contributed by atoms with E-state index < -0.39 is 0 Å². The standard InChI is InChI=1S/C30H49N2O2.ClH/c1-2-3-4-5-6-7-8-9-10-11-12-13-14-15-19-22-29(34)30-31-23-24-32(30,25-26-33)27-28-20-17-16-18-21-28;/h9-10,16-18,20-21,33H,2-8,11-15,19,22-27H2,1H3;1H/q+1;/p-1/b10-9-;. The quantitative estimate of drug-likeness (QED) is 0.166. The molecule has 1 aromatic rings. The van der Waals surface area contributed by atoms with Gasteiger partial charge in [-0.15, -0.1) is 0 Å². The van der Waals surface area contributed by atoms with Crippen molar-refractivity contribution < 1.29 is 26.8 Å². The highest BCUT2D eigenvalue weighted by Crippen LogP contribution is 2.22. The molecule has 1 aliphatic rings. The molecule has 5 heteroatoms. The van der Waals surface area contributed by atoms with E-state index in [-0.39, 0.29) is 24.8 Å². The van der Waals surface area contributed by atoms with Crippen LogP contribution in [0.1, 0.15) is 102 Å². The van der Waals surface area contributed by atoms with Crippen molar-refractivity contribution in [2.24, 2.45) is 4.99 Å². The molecular formula is C30H49ClN2O2. The second kappa shape index (κ2) is 19.7. The summed E-state index contributed by atoms with van der Waals surface area (Å²) in [4.78, 5) is 17.6. The number of aliphatic hydroxyl groups excluding tert-OH is 1. The van der Waals surface area contributed by atoms with Gasteiger partial charge in [0.05, 0.1) is 13.2 Å². The summed E-state index contributed by atoms with van der Waals surface area (Å²) in [5, 5.41) is 9.70. The van der Waals surface area contributed by atoms with E-state index in [9.17, 15) is 9.90 Å². The average molecular weight is 505 g/mol. The molecule has 0 radical (unpaired) electrons. The SMILES string of the molecule is CCCCCCCC/C=C\CCCCCCCC(=O)C1=NCC[N+]1(CCO)Cc1ccccc1.[Cl-]. The first-order chi connectivity index (χ1) is 16.7. The predicted octanol–water partition coefficient (Wildman–Crippen LogP) is 4.02. The number of Topliss-reactive ketones (excluding diaryl/α,β-unsaturated/α-hetero) is 1. The van der Waals surface area contributed by atoms with Crippen molar-refractivity contribution in [1.29, 1.82) is 0 Å². The Kier molecular flexibility index (Phi) is 17.7. The number of unbranched alkanes of at least 4 members (excludes halogenated alkanes) is 11. The number of carbonyl (C=O) groups excluding carboxylic acids is 1. The van der Waals surface area contributed by atoms with Gasteiger partial charge in [0.15, 0.2) is 0 Å². The first-order valence-corrected chi connectivity index (χ1v) is 14.0. The van der Waals surface area contributed by atoms with Crippen molar-refractivity contribution in [2.75, 3.05) is 26.2 Å². The molecule has 0 saturated heterocycles. The highest BCUT2D eigenvalue weighted by Gasteiger charge is 2.41. The minimum absolute atomic E-state index is 0. The largest absolute Gasteiger partial charge is 1.00 e. The van der Waals surface area contributed by atoms with Gasteiger partial charge in [0.2, 0.25) is 5.78 Å². The Morgan fingerprint density at radius 3 is 2.14 bits per heavy atom. The van der Waals surface area contributed by atoms with Crippen LogP contribution in [-0.2, 0) is 11.3 Å². The van der Waals surface area contributed by atoms with E-state index in [0.29, 0.717) is 29.8 Å². The molecule has 0 bridgehead atoms. The zero-order chi connectivity index (χ0) is 24.3. The van der Waals surface area contributed by atoms with Gasteiger partial charge in [-0.1, -0.05) is 101 Å². The van der Waals surface area contributed by atoms with Gasteiger partial charge in [0.1, 0.15) is 19.6 Å². The van der Waals surface area contributed by atoms with E-state index in [1.807, 2.05) is 18.2 Å². The number of nitrogens with zero attached hydrogens (tertiary/aromatic N) is 2. The van der Waals surface area contributed by atoms with Crippen LogP contribution >= 0.6 is 0 Å². The normalized spacial score (nSPS) is 17.5. The molecule has 198 valence electrons. The summed E-state index contributed by atoms with van der Waals surface area (Å²) in [7, 11) is 0. The molecule has 0 aliphatic carbocycles. The number of ketones is 1. The van der Waals surface area contributed by atoms with Gasteiger partial charge >= 0.3 is 0 Å². The molecule has 0 saturated carbocycles. The highest BCUT2D eigenvalue weighted by atomic mass is 35.5. The van der Waals surface area contributed by atoms with Crippen LogP contribution in [0.4, 0.5) is 0 Å². The third-order valence-electron chi connectivity index (χ3n) is 7.01. The van der Waals surface area contributed by atoms with Gasteiger partial charge in [-0.3, -0.25) is 9.28 Å². The maximum Gasteiger partial charge on any atom is 0.267 e. The molecule has 0 amide bonds. The van der Waals surface area contributed by atoms with Crippen LogP contribution in [0.3, 0.4) is 0 Å². The molecule has 1 N–H and O–H groups in total. The molecule has 35 heavy (non-hydrogen) atoms. The summed E-state index contributed by atoms with van der Waals surface area (Å²) in [6, 6.07) is 10.3. The van der Waals surface area contributed by atoms with Crippen LogP contribution in [0.2, 0.25) is 0 Å². The first kappa shape index (κ1) is 31.5. The van der Waals surface area contributed by atoms with Crippen molar-refractivity contribution in [1.82, 2.24) is 0 Å². The highest BCUT2D eigenvalue weighted by molar-refractivity contribution is 6.36. The third-order valence-corrected chi connectivity index (χ3v) is 7.01. The van der Waals surface area contributed by atoms with E-state index in [1.165, 1.54) is 76.2 Å². The zero-order valence-electron chi connectivity index (χ0n) is 22.1. The fraction of sp³-hybridized carbons (Fsp3) is 0.667. The molecule has 4 nitrogen and oxygen atoms in total. The second-order valence-corrected chi connectivity index (χ2v) is 9.92. The smallest absolute Gasteiger partial charge is 0.267 e. The predicted molar refractivity (Wildman–Crippen MR) is 144 cm³/mol. The topological polar surface area (TPSA) is 49.7 Å². The minimum atomic E-state index is 0. The molecule has 0 spiro atoms. The number of halogens is 1. The lowest BCUT2D eigenvalue weighted by molar-refractivity contribution is -0.847. The monoisotopic (exact) mass is 504 g/mol. The molecule has 1 heterocycles. The van der Waals surface area contributed by atoms with Crippen LogP contribution in [-0.4, -0.2) is 47.4 Å². The van der Waals surface area contributed by atoms with E-state index in [0.717, 1.165) is 25.9 Å². The third kappa shape index (κ3) is 12.3.